The van der Waals surface area contributed by atoms with E-state index >= 15 is 0 Å². The molecule has 0 aromatic carbocycles. The Morgan fingerprint density at radius 1 is 1.82 bits per heavy atom. The van der Waals surface area contributed by atoms with Crippen LogP contribution in [0.5, 0.6) is 0 Å². The van der Waals surface area contributed by atoms with Crippen LogP contribution in [0.15, 0.2) is 4.99 Å². The molecule has 4 N–H and O–H groups in total. The molecular formula is C6H13N3O2. The molecule has 0 aliphatic rings. The van der Waals surface area contributed by atoms with Gasteiger partial charge in [-0.25, -0.2) is 5.84 Å². The highest BCUT2D eigenvalue weighted by molar-refractivity contribution is 5.74. The summed E-state index contributed by atoms with van der Waals surface area (Å²) in [5, 5.41) is 8.62. The first-order chi connectivity index (χ1) is 5.00. The summed E-state index contributed by atoms with van der Waals surface area (Å²) >= 11 is 0. The van der Waals surface area contributed by atoms with Crippen LogP contribution in [0.1, 0.15) is 13.8 Å². The van der Waals surface area contributed by atoms with Crippen molar-refractivity contribution in [2.75, 3.05) is 6.54 Å². The number of nitrogens with two attached hydrogens (primary N) is 1. The van der Waals surface area contributed by atoms with E-state index in [1.807, 2.05) is 0 Å². The zero-order chi connectivity index (χ0) is 8.91. The minimum atomic E-state index is -0.869. The van der Waals surface area contributed by atoms with Crippen molar-refractivity contribution in [1.82, 2.24) is 5.43 Å². The normalized spacial score (nSPS) is 11.9. The van der Waals surface area contributed by atoms with E-state index in [-0.39, 0.29) is 6.54 Å². The molecule has 0 unspecified atom stereocenters. The molecule has 0 aliphatic carbocycles. The lowest BCUT2D eigenvalue weighted by molar-refractivity contribution is -0.146. The zero-order valence-corrected chi connectivity index (χ0v) is 6.66. The van der Waals surface area contributed by atoms with Crippen LogP contribution in [0, 0.1) is 5.41 Å². The lowest BCUT2D eigenvalue weighted by Gasteiger charge is -2.14. The number of aliphatic imine (C=N–C) groups is 1. The Labute approximate surface area is 65.3 Å². The molecule has 0 rings (SSSR count). The monoisotopic (exact) mass is 159 g/mol. The maximum absolute atomic E-state index is 10.5. The molecule has 0 bridgehead atoms. The summed E-state index contributed by atoms with van der Waals surface area (Å²) in [4.78, 5) is 14.2. The predicted molar refractivity (Wildman–Crippen MR) is 42.1 cm³/mol. The minimum absolute atomic E-state index is 0.215. The zero-order valence-electron chi connectivity index (χ0n) is 6.66. The second-order valence-corrected chi connectivity index (χ2v) is 2.83. The Bertz CT molecular complexity index is 165. The van der Waals surface area contributed by atoms with Crippen LogP contribution in [0.2, 0.25) is 0 Å². The highest BCUT2D eigenvalue weighted by atomic mass is 16.4. The first kappa shape index (κ1) is 9.90. The van der Waals surface area contributed by atoms with Gasteiger partial charge in [-0.2, -0.15) is 0 Å². The molecule has 0 heterocycles. The highest BCUT2D eigenvalue weighted by Gasteiger charge is 2.26. The van der Waals surface area contributed by atoms with Crippen molar-refractivity contribution in [3.63, 3.8) is 0 Å². The molecule has 0 saturated heterocycles. The second kappa shape index (κ2) is 3.92. The van der Waals surface area contributed by atoms with Crippen molar-refractivity contribution in [2.24, 2.45) is 16.3 Å². The number of rotatable bonds is 4. The van der Waals surface area contributed by atoms with Crippen molar-refractivity contribution in [2.45, 2.75) is 13.8 Å². The van der Waals surface area contributed by atoms with Crippen LogP contribution in [0.3, 0.4) is 0 Å². The van der Waals surface area contributed by atoms with Crippen LogP contribution in [0.25, 0.3) is 0 Å². The van der Waals surface area contributed by atoms with Crippen LogP contribution in [0.4, 0.5) is 0 Å². The van der Waals surface area contributed by atoms with Gasteiger partial charge in [0.15, 0.2) is 0 Å². The number of hydrogen-bond donors (Lipinski definition) is 3. The summed E-state index contributed by atoms with van der Waals surface area (Å²) in [6.07, 6.45) is 1.27. The Morgan fingerprint density at radius 3 is 2.73 bits per heavy atom. The first-order valence-corrected chi connectivity index (χ1v) is 3.18. The maximum atomic E-state index is 10.5. The lowest BCUT2D eigenvalue weighted by atomic mass is 9.94. The largest absolute Gasteiger partial charge is 0.481 e. The van der Waals surface area contributed by atoms with Gasteiger partial charge in [-0.15, -0.1) is 0 Å². The summed E-state index contributed by atoms with van der Waals surface area (Å²) in [6, 6.07) is 0. The molecule has 0 radical (unpaired) electrons. The molecule has 5 nitrogen and oxygen atoms in total. The average Bonchev–Trinajstić information content (AvgIpc) is 1.88. The summed E-state index contributed by atoms with van der Waals surface area (Å²) in [6.45, 7) is 3.42. The Hall–Kier alpha value is -1.10. The van der Waals surface area contributed by atoms with Crippen LogP contribution < -0.4 is 11.3 Å². The number of hydrogen-bond acceptors (Lipinski definition) is 3. The number of aliphatic carboxylic acids is 1. The molecule has 0 amide bonds. The molecule has 5 heteroatoms. The van der Waals surface area contributed by atoms with Gasteiger partial charge in [-0.05, 0) is 13.8 Å². The van der Waals surface area contributed by atoms with E-state index in [4.69, 9.17) is 10.9 Å². The van der Waals surface area contributed by atoms with Gasteiger partial charge < -0.3 is 10.5 Å². The Balaban J connectivity index is 3.92. The van der Waals surface area contributed by atoms with Crippen molar-refractivity contribution in [3.8, 4) is 0 Å². The minimum Gasteiger partial charge on any atom is -0.481 e. The SMILES string of the molecule is CC(C)(CN=CNN)C(=O)O. The van der Waals surface area contributed by atoms with Crippen molar-refractivity contribution >= 4 is 12.3 Å². The smallest absolute Gasteiger partial charge is 0.310 e. The highest BCUT2D eigenvalue weighted by Crippen LogP contribution is 2.14. The standard InChI is InChI=1S/C6H13N3O2/c1-6(2,5(10)11)3-8-4-9-7/h4H,3,7H2,1-2H3,(H,8,9)(H,10,11). The topological polar surface area (TPSA) is 87.7 Å². The Kier molecular flexibility index (Phi) is 3.53. The fraction of sp³-hybridized carbons (Fsp3) is 0.667. The summed E-state index contributed by atoms with van der Waals surface area (Å²) in [5.41, 5.74) is 1.37. The van der Waals surface area contributed by atoms with Crippen LogP contribution in [-0.4, -0.2) is 24.0 Å². The van der Waals surface area contributed by atoms with Gasteiger partial charge in [0, 0.05) is 0 Å². The molecule has 0 saturated carbocycles. The van der Waals surface area contributed by atoms with Crippen molar-refractivity contribution in [3.05, 3.63) is 0 Å². The van der Waals surface area contributed by atoms with E-state index in [1.54, 1.807) is 13.8 Å². The summed E-state index contributed by atoms with van der Waals surface area (Å²) in [5.74, 6) is 4.02. The molecule has 0 atom stereocenters. The van der Waals surface area contributed by atoms with E-state index < -0.39 is 11.4 Å². The number of carboxylic acid groups (broad SMARTS) is 1. The average molecular weight is 159 g/mol. The van der Waals surface area contributed by atoms with Gasteiger partial charge in [0.1, 0.15) is 0 Å². The van der Waals surface area contributed by atoms with Gasteiger partial charge in [0.05, 0.1) is 18.3 Å². The van der Waals surface area contributed by atoms with Gasteiger partial charge in [0.25, 0.3) is 0 Å². The predicted octanol–water partition coefficient (Wildman–Crippen LogP) is -0.411. The maximum Gasteiger partial charge on any atom is 0.310 e. The van der Waals surface area contributed by atoms with E-state index in [9.17, 15) is 4.79 Å². The molecule has 0 spiro atoms. The third kappa shape index (κ3) is 3.57. The molecule has 0 aromatic heterocycles. The molecule has 11 heavy (non-hydrogen) atoms. The summed E-state index contributed by atoms with van der Waals surface area (Å²) < 4.78 is 0. The Morgan fingerprint density at radius 2 is 2.36 bits per heavy atom. The molecule has 0 aromatic rings. The summed E-state index contributed by atoms with van der Waals surface area (Å²) in [7, 11) is 0. The number of carbonyl (C=O) groups is 1. The first-order valence-electron chi connectivity index (χ1n) is 3.18. The molecule has 64 valence electrons. The van der Waals surface area contributed by atoms with Gasteiger partial charge in [-0.1, -0.05) is 0 Å². The van der Waals surface area contributed by atoms with Gasteiger partial charge in [0.2, 0.25) is 0 Å². The van der Waals surface area contributed by atoms with E-state index in [0.717, 1.165) is 0 Å². The van der Waals surface area contributed by atoms with E-state index in [2.05, 4.69) is 10.4 Å². The van der Waals surface area contributed by atoms with Crippen LogP contribution in [-0.2, 0) is 4.79 Å². The number of nitrogens with zero attached hydrogens (tertiary/aromatic N) is 1. The third-order valence-electron chi connectivity index (χ3n) is 1.23. The van der Waals surface area contributed by atoms with E-state index in [0.29, 0.717) is 0 Å². The molecule has 0 fully saturated rings. The van der Waals surface area contributed by atoms with E-state index in [1.165, 1.54) is 6.34 Å². The van der Waals surface area contributed by atoms with Gasteiger partial charge in [-0.3, -0.25) is 9.79 Å². The van der Waals surface area contributed by atoms with Crippen LogP contribution >= 0.6 is 0 Å². The number of nitrogens with one attached hydrogen (secondary N) is 1. The third-order valence-corrected chi connectivity index (χ3v) is 1.23. The van der Waals surface area contributed by atoms with Crippen molar-refractivity contribution in [1.29, 1.82) is 0 Å². The number of carboxylic acids is 1. The fourth-order valence-electron chi connectivity index (χ4n) is 0.394. The molecular weight excluding hydrogens is 146 g/mol. The molecule has 0 aliphatic heterocycles. The van der Waals surface area contributed by atoms with Gasteiger partial charge >= 0.3 is 5.97 Å². The second-order valence-electron chi connectivity index (χ2n) is 2.83. The number of hydrazine groups is 1. The fourth-order valence-corrected chi connectivity index (χ4v) is 0.394. The van der Waals surface area contributed by atoms with Crippen molar-refractivity contribution < 1.29 is 9.90 Å². The lowest BCUT2D eigenvalue weighted by Crippen LogP contribution is -2.28. The quantitative estimate of drug-likeness (QED) is 0.225.